The van der Waals surface area contributed by atoms with Crippen LogP contribution in [0.5, 0.6) is 0 Å². The third-order valence-corrected chi connectivity index (χ3v) is 2.06. The second-order valence-electron chi connectivity index (χ2n) is 5.07. The molecule has 0 bridgehead atoms. The molecule has 2 heteroatoms. The molecule has 2 nitrogen and oxygen atoms in total. The van der Waals surface area contributed by atoms with Crippen LogP contribution in [0.4, 0.5) is 0 Å². The van der Waals surface area contributed by atoms with E-state index in [4.69, 9.17) is 0 Å². The molecule has 2 N–H and O–H groups in total. The molecule has 0 aromatic carbocycles. The predicted octanol–water partition coefficient (Wildman–Crippen LogP) is 2.17. The van der Waals surface area contributed by atoms with E-state index < -0.39 is 5.60 Å². The summed E-state index contributed by atoms with van der Waals surface area (Å²) in [5.74, 6) is 0.770. The molecule has 0 amide bonds. The summed E-state index contributed by atoms with van der Waals surface area (Å²) in [4.78, 5) is 0. The van der Waals surface area contributed by atoms with Crippen molar-refractivity contribution < 1.29 is 5.11 Å². The minimum atomic E-state index is -0.591. The molecule has 0 rings (SSSR count). The number of hydrogen-bond acceptors (Lipinski definition) is 2. The monoisotopic (exact) mass is 187 g/mol. The van der Waals surface area contributed by atoms with Crippen LogP contribution >= 0.6 is 0 Å². The fraction of sp³-hybridized carbons (Fsp3) is 1.00. The van der Waals surface area contributed by atoms with Gasteiger partial charge in [0.05, 0.1) is 5.60 Å². The Morgan fingerprint density at radius 1 is 1.15 bits per heavy atom. The number of aliphatic hydroxyl groups is 1. The zero-order valence-electron chi connectivity index (χ0n) is 9.72. The van der Waals surface area contributed by atoms with Crippen molar-refractivity contribution >= 4 is 0 Å². The van der Waals surface area contributed by atoms with Gasteiger partial charge in [-0.25, -0.2) is 0 Å². The Hall–Kier alpha value is -0.0800. The van der Waals surface area contributed by atoms with Gasteiger partial charge >= 0.3 is 0 Å². The molecular weight excluding hydrogens is 162 g/mol. The van der Waals surface area contributed by atoms with Gasteiger partial charge in [0, 0.05) is 12.6 Å². The van der Waals surface area contributed by atoms with Gasteiger partial charge in [0.1, 0.15) is 0 Å². The smallest absolute Gasteiger partial charge is 0.0715 e. The summed E-state index contributed by atoms with van der Waals surface area (Å²) in [6.45, 7) is 11.0. The van der Waals surface area contributed by atoms with Crippen LogP contribution in [0.15, 0.2) is 0 Å². The van der Waals surface area contributed by atoms with Crippen LogP contribution in [-0.2, 0) is 0 Å². The molecule has 0 fully saturated rings. The van der Waals surface area contributed by atoms with Crippen LogP contribution in [0.2, 0.25) is 0 Å². The van der Waals surface area contributed by atoms with E-state index >= 15 is 0 Å². The largest absolute Gasteiger partial charge is 0.389 e. The van der Waals surface area contributed by atoms with Gasteiger partial charge in [0.2, 0.25) is 0 Å². The Labute approximate surface area is 82.7 Å². The first-order chi connectivity index (χ1) is 5.81. The van der Waals surface area contributed by atoms with E-state index in [2.05, 4.69) is 26.1 Å². The average Bonchev–Trinajstić information content (AvgIpc) is 1.95. The minimum Gasteiger partial charge on any atom is -0.389 e. The molecule has 0 radical (unpaired) electrons. The lowest BCUT2D eigenvalue weighted by atomic mass is 10.0. The highest BCUT2D eigenvalue weighted by Crippen LogP contribution is 2.07. The third-order valence-electron chi connectivity index (χ3n) is 2.06. The average molecular weight is 187 g/mol. The van der Waals surface area contributed by atoms with Crippen molar-refractivity contribution in [2.45, 2.75) is 59.1 Å². The number of nitrogens with one attached hydrogen (secondary N) is 1. The molecule has 1 atom stereocenters. The van der Waals surface area contributed by atoms with Crippen molar-refractivity contribution in [1.82, 2.24) is 5.32 Å². The Morgan fingerprint density at radius 3 is 2.08 bits per heavy atom. The summed E-state index contributed by atoms with van der Waals surface area (Å²) < 4.78 is 0. The van der Waals surface area contributed by atoms with Crippen molar-refractivity contribution in [2.24, 2.45) is 5.92 Å². The van der Waals surface area contributed by atoms with Gasteiger partial charge in [0.15, 0.2) is 0 Å². The molecule has 0 saturated carbocycles. The van der Waals surface area contributed by atoms with Crippen molar-refractivity contribution in [3.05, 3.63) is 0 Å². The van der Waals surface area contributed by atoms with Crippen molar-refractivity contribution in [1.29, 1.82) is 0 Å². The minimum absolute atomic E-state index is 0.508. The first kappa shape index (κ1) is 12.9. The molecular formula is C11H25NO. The third kappa shape index (κ3) is 9.84. The molecule has 0 aromatic rings. The first-order valence-corrected chi connectivity index (χ1v) is 5.27. The van der Waals surface area contributed by atoms with E-state index in [1.54, 1.807) is 0 Å². The molecule has 0 heterocycles. The normalized spacial score (nSPS) is 15.0. The van der Waals surface area contributed by atoms with Crippen molar-refractivity contribution in [3.63, 3.8) is 0 Å². The highest BCUT2D eigenvalue weighted by Gasteiger charge is 2.13. The van der Waals surface area contributed by atoms with E-state index in [1.807, 2.05) is 13.8 Å². The summed E-state index contributed by atoms with van der Waals surface area (Å²) >= 11 is 0. The van der Waals surface area contributed by atoms with Crippen molar-refractivity contribution in [2.75, 3.05) is 6.54 Å². The lowest BCUT2D eigenvalue weighted by Crippen LogP contribution is -2.39. The standard InChI is InChI=1S/C11H25NO/c1-9(2)6-7-10(3)12-8-11(4,5)13/h9-10,12-13H,6-8H2,1-5H3/t10-/m1/s1. The number of hydrogen-bond donors (Lipinski definition) is 2. The van der Waals surface area contributed by atoms with Crippen LogP contribution in [0.3, 0.4) is 0 Å². The maximum Gasteiger partial charge on any atom is 0.0715 e. The second kappa shape index (κ2) is 5.61. The fourth-order valence-electron chi connectivity index (χ4n) is 1.11. The summed E-state index contributed by atoms with van der Waals surface area (Å²) in [5, 5.41) is 12.8. The van der Waals surface area contributed by atoms with Crippen molar-refractivity contribution in [3.8, 4) is 0 Å². The van der Waals surface area contributed by atoms with Gasteiger partial charge in [-0.05, 0) is 39.5 Å². The molecule has 0 unspecified atom stereocenters. The molecule has 0 aromatic heterocycles. The predicted molar refractivity (Wildman–Crippen MR) is 57.8 cm³/mol. The summed E-state index contributed by atoms with van der Waals surface area (Å²) in [5.41, 5.74) is -0.591. The zero-order chi connectivity index (χ0) is 10.5. The Kier molecular flexibility index (Phi) is 5.57. The highest BCUT2D eigenvalue weighted by molar-refractivity contribution is 4.71. The van der Waals surface area contributed by atoms with Gasteiger partial charge in [-0.2, -0.15) is 0 Å². The van der Waals surface area contributed by atoms with Gasteiger partial charge in [-0.15, -0.1) is 0 Å². The van der Waals surface area contributed by atoms with Crippen LogP contribution in [0.1, 0.15) is 47.5 Å². The van der Waals surface area contributed by atoms with Gasteiger partial charge in [-0.3, -0.25) is 0 Å². The van der Waals surface area contributed by atoms with Crippen LogP contribution in [0.25, 0.3) is 0 Å². The summed E-state index contributed by atoms with van der Waals surface area (Å²) in [6.07, 6.45) is 2.44. The van der Waals surface area contributed by atoms with E-state index in [0.29, 0.717) is 12.6 Å². The Balaban J connectivity index is 3.46. The zero-order valence-corrected chi connectivity index (χ0v) is 9.72. The SMILES string of the molecule is CC(C)CC[C@@H](C)NCC(C)(C)O. The highest BCUT2D eigenvalue weighted by atomic mass is 16.3. The Morgan fingerprint density at radius 2 is 1.69 bits per heavy atom. The summed E-state index contributed by atoms with van der Waals surface area (Å²) in [7, 11) is 0. The topological polar surface area (TPSA) is 32.3 Å². The maximum atomic E-state index is 9.48. The molecule has 0 aliphatic carbocycles. The lowest BCUT2D eigenvalue weighted by molar-refractivity contribution is 0.0765. The van der Waals surface area contributed by atoms with E-state index in [9.17, 15) is 5.11 Å². The van der Waals surface area contributed by atoms with Gasteiger partial charge < -0.3 is 10.4 Å². The van der Waals surface area contributed by atoms with E-state index in [-0.39, 0.29) is 0 Å². The van der Waals surface area contributed by atoms with Gasteiger partial charge in [-0.1, -0.05) is 13.8 Å². The van der Waals surface area contributed by atoms with E-state index in [0.717, 1.165) is 5.92 Å². The molecule has 0 aliphatic heterocycles. The van der Waals surface area contributed by atoms with Gasteiger partial charge in [0.25, 0.3) is 0 Å². The number of rotatable bonds is 6. The molecule has 0 aliphatic rings. The summed E-state index contributed by atoms with van der Waals surface area (Å²) in [6, 6.07) is 0.508. The Bertz CT molecular complexity index is 127. The fourth-order valence-corrected chi connectivity index (χ4v) is 1.11. The van der Waals surface area contributed by atoms with Crippen LogP contribution < -0.4 is 5.32 Å². The molecule has 0 spiro atoms. The quantitative estimate of drug-likeness (QED) is 0.668. The molecule has 0 saturated heterocycles. The lowest BCUT2D eigenvalue weighted by Gasteiger charge is -2.22. The first-order valence-electron chi connectivity index (χ1n) is 5.27. The van der Waals surface area contributed by atoms with Crippen LogP contribution in [0, 0.1) is 5.92 Å². The van der Waals surface area contributed by atoms with E-state index in [1.165, 1.54) is 12.8 Å². The molecule has 13 heavy (non-hydrogen) atoms. The van der Waals surface area contributed by atoms with Crippen LogP contribution in [-0.4, -0.2) is 23.3 Å². The molecule has 80 valence electrons. The second-order valence-corrected chi connectivity index (χ2v) is 5.07. The maximum absolute atomic E-state index is 9.48.